The molecule has 2 aromatic carbocycles. The molecule has 0 saturated carbocycles. The molecule has 11 nitrogen and oxygen atoms in total. The summed E-state index contributed by atoms with van der Waals surface area (Å²) in [6.07, 6.45) is -0.301. The lowest BCUT2D eigenvalue weighted by Crippen LogP contribution is -2.44. The Kier molecular flexibility index (Phi) is 10.7. The van der Waals surface area contributed by atoms with Crippen LogP contribution in [-0.2, 0) is 30.9 Å². The van der Waals surface area contributed by atoms with Crippen LogP contribution in [0.4, 0.5) is 4.79 Å². The van der Waals surface area contributed by atoms with Crippen LogP contribution in [0.1, 0.15) is 39.2 Å². The quantitative estimate of drug-likeness (QED) is 0.172. The van der Waals surface area contributed by atoms with Crippen LogP contribution in [0, 0.1) is 0 Å². The van der Waals surface area contributed by atoms with Gasteiger partial charge >= 0.3 is 12.1 Å². The summed E-state index contributed by atoms with van der Waals surface area (Å²) in [7, 11) is -2.45. The highest BCUT2D eigenvalue weighted by molar-refractivity contribution is 7.90. The van der Waals surface area contributed by atoms with Gasteiger partial charge in [-0.15, -0.1) is 0 Å². The summed E-state index contributed by atoms with van der Waals surface area (Å²) >= 11 is 0. The second-order valence-corrected chi connectivity index (χ2v) is 10.7. The van der Waals surface area contributed by atoms with Crippen molar-refractivity contribution in [2.24, 2.45) is 10.7 Å². The van der Waals surface area contributed by atoms with E-state index >= 15 is 0 Å². The van der Waals surface area contributed by atoms with Gasteiger partial charge in [-0.2, -0.15) is 0 Å². The molecule has 2 rings (SSSR count). The Morgan fingerprint density at radius 3 is 2.30 bits per heavy atom. The molecule has 0 radical (unpaired) electrons. The highest BCUT2D eigenvalue weighted by atomic mass is 32.2. The highest BCUT2D eigenvalue weighted by Crippen LogP contribution is 2.15. The van der Waals surface area contributed by atoms with Crippen LogP contribution < -0.4 is 20.5 Å². The first-order valence-electron chi connectivity index (χ1n) is 11.6. The molecule has 1 atom stereocenters. The van der Waals surface area contributed by atoms with Crippen molar-refractivity contribution in [2.75, 3.05) is 13.7 Å². The van der Waals surface area contributed by atoms with Crippen molar-refractivity contribution >= 4 is 28.0 Å². The van der Waals surface area contributed by atoms with Gasteiger partial charge in [0, 0.05) is 6.54 Å². The third-order valence-corrected chi connectivity index (χ3v) is 6.11. The van der Waals surface area contributed by atoms with Crippen LogP contribution in [-0.4, -0.2) is 51.7 Å². The van der Waals surface area contributed by atoms with Crippen molar-refractivity contribution in [3.05, 3.63) is 60.2 Å². The maximum absolute atomic E-state index is 12.7. The standard InChI is InChI=1S/C25H34N4O7S/c1-25(2,3)36-24(31)28-21(22(30)35-17-18-9-6-5-7-10-18)11-8-16-27-23(26)29-37(32,33)20-14-12-19(34-4)13-15-20/h5-7,9-10,12-15,21H,8,11,16-17H2,1-4H3,(H,28,31)(H3,26,27,29)/t21-/m0/s1. The minimum atomic E-state index is -3.93. The van der Waals surface area contributed by atoms with Gasteiger partial charge in [0.15, 0.2) is 0 Å². The number of carbonyl (C=O) groups is 2. The number of methoxy groups -OCH3 is 1. The van der Waals surface area contributed by atoms with E-state index in [0.29, 0.717) is 12.2 Å². The Hall–Kier alpha value is -3.80. The van der Waals surface area contributed by atoms with Gasteiger partial charge < -0.3 is 25.3 Å². The molecule has 0 bridgehead atoms. The second-order valence-electron chi connectivity index (χ2n) is 8.98. The van der Waals surface area contributed by atoms with Crippen LogP contribution in [0.2, 0.25) is 0 Å². The van der Waals surface area contributed by atoms with Gasteiger partial charge in [-0.25, -0.2) is 22.7 Å². The number of amides is 1. The first kappa shape index (κ1) is 29.4. The predicted molar refractivity (Wildman–Crippen MR) is 138 cm³/mol. The van der Waals surface area contributed by atoms with E-state index < -0.39 is 33.7 Å². The zero-order chi connectivity index (χ0) is 27.5. The lowest BCUT2D eigenvalue weighted by atomic mass is 10.1. The van der Waals surface area contributed by atoms with Crippen molar-refractivity contribution in [1.29, 1.82) is 0 Å². The minimum absolute atomic E-state index is 0.00534. The summed E-state index contributed by atoms with van der Waals surface area (Å²) in [5, 5.41) is 2.53. The number of ether oxygens (including phenoxy) is 3. The summed E-state index contributed by atoms with van der Waals surface area (Å²) in [6.45, 7) is 5.26. The van der Waals surface area contributed by atoms with Crippen LogP contribution in [0.15, 0.2) is 64.5 Å². The number of hydrogen-bond donors (Lipinski definition) is 3. The predicted octanol–water partition coefficient (Wildman–Crippen LogP) is 2.71. The summed E-state index contributed by atoms with van der Waals surface area (Å²) in [4.78, 5) is 28.9. The first-order chi connectivity index (χ1) is 17.4. The molecular formula is C25H34N4O7S. The van der Waals surface area contributed by atoms with Gasteiger partial charge in [0.25, 0.3) is 10.0 Å². The van der Waals surface area contributed by atoms with Gasteiger partial charge in [-0.05, 0) is 63.4 Å². The zero-order valence-electron chi connectivity index (χ0n) is 21.4. The Balaban J connectivity index is 1.95. The maximum Gasteiger partial charge on any atom is 0.408 e. The molecule has 0 spiro atoms. The van der Waals surface area contributed by atoms with Crippen molar-refractivity contribution in [1.82, 2.24) is 10.0 Å². The molecule has 1 amide bonds. The van der Waals surface area contributed by atoms with Crippen LogP contribution >= 0.6 is 0 Å². The van der Waals surface area contributed by atoms with E-state index in [1.54, 1.807) is 20.8 Å². The molecule has 0 saturated heterocycles. The third-order valence-electron chi connectivity index (χ3n) is 4.74. The lowest BCUT2D eigenvalue weighted by molar-refractivity contribution is -0.147. The molecule has 4 N–H and O–H groups in total. The fourth-order valence-corrected chi connectivity index (χ4v) is 3.96. The SMILES string of the molecule is COc1ccc(S(=O)(=O)NC(N)=NCCC[C@H](NC(=O)OC(C)(C)C)C(=O)OCc2ccccc2)cc1. The van der Waals surface area contributed by atoms with Gasteiger partial charge in [-0.3, -0.25) is 4.99 Å². The number of carbonyl (C=O) groups excluding carboxylic acids is 2. The van der Waals surface area contributed by atoms with Crippen molar-refractivity contribution in [3.63, 3.8) is 0 Å². The Bertz CT molecular complexity index is 1160. The lowest BCUT2D eigenvalue weighted by Gasteiger charge is -2.23. The number of alkyl carbamates (subject to hydrolysis) is 1. The van der Waals surface area contributed by atoms with Gasteiger partial charge in [0.2, 0.25) is 5.96 Å². The third kappa shape index (κ3) is 10.8. The largest absolute Gasteiger partial charge is 0.497 e. The number of guanidine groups is 1. The summed E-state index contributed by atoms with van der Waals surface area (Å²) in [6, 6.07) is 13.9. The average molecular weight is 535 g/mol. The fraction of sp³-hybridized carbons (Fsp3) is 0.400. The number of nitrogens with one attached hydrogen (secondary N) is 2. The van der Waals surface area contributed by atoms with E-state index in [-0.39, 0.29) is 30.4 Å². The van der Waals surface area contributed by atoms with E-state index in [1.807, 2.05) is 30.3 Å². The monoisotopic (exact) mass is 534 g/mol. The summed E-state index contributed by atoms with van der Waals surface area (Å²) in [5.74, 6) is -0.427. The molecule has 0 aliphatic heterocycles. The number of benzene rings is 2. The number of nitrogens with zero attached hydrogens (tertiary/aromatic N) is 1. The molecule has 2 aromatic rings. The van der Waals surface area contributed by atoms with E-state index in [0.717, 1.165) is 5.56 Å². The number of hydrogen-bond acceptors (Lipinski definition) is 8. The second kappa shape index (κ2) is 13.5. The molecule has 0 aliphatic carbocycles. The van der Waals surface area contributed by atoms with Crippen molar-refractivity contribution in [3.8, 4) is 5.75 Å². The Labute approximate surface area is 217 Å². The number of nitrogens with two attached hydrogens (primary N) is 1. The average Bonchev–Trinajstić information content (AvgIpc) is 2.83. The zero-order valence-corrected chi connectivity index (χ0v) is 22.2. The number of rotatable bonds is 11. The molecule has 12 heteroatoms. The molecule has 202 valence electrons. The molecule has 0 aliphatic rings. The van der Waals surface area contributed by atoms with E-state index in [2.05, 4.69) is 15.0 Å². The Morgan fingerprint density at radius 2 is 1.70 bits per heavy atom. The highest BCUT2D eigenvalue weighted by Gasteiger charge is 2.25. The summed E-state index contributed by atoms with van der Waals surface area (Å²) in [5.41, 5.74) is 5.80. The van der Waals surface area contributed by atoms with Gasteiger partial charge in [0.1, 0.15) is 24.0 Å². The van der Waals surface area contributed by atoms with Crippen molar-refractivity contribution in [2.45, 2.75) is 56.8 Å². The molecule has 37 heavy (non-hydrogen) atoms. The van der Waals surface area contributed by atoms with E-state index in [9.17, 15) is 18.0 Å². The summed E-state index contributed by atoms with van der Waals surface area (Å²) < 4.78 is 42.7. The van der Waals surface area contributed by atoms with Gasteiger partial charge in [-0.1, -0.05) is 30.3 Å². The molecular weight excluding hydrogens is 500 g/mol. The molecule has 0 heterocycles. The Morgan fingerprint density at radius 1 is 1.05 bits per heavy atom. The van der Waals surface area contributed by atoms with E-state index in [4.69, 9.17) is 19.9 Å². The van der Waals surface area contributed by atoms with Crippen molar-refractivity contribution < 1.29 is 32.2 Å². The number of sulfonamides is 1. The first-order valence-corrected chi connectivity index (χ1v) is 13.0. The van der Waals surface area contributed by atoms with Crippen LogP contribution in [0.25, 0.3) is 0 Å². The number of aliphatic imine (C=N–C) groups is 1. The topological polar surface area (TPSA) is 158 Å². The van der Waals surface area contributed by atoms with Crippen LogP contribution in [0.3, 0.4) is 0 Å². The minimum Gasteiger partial charge on any atom is -0.497 e. The molecule has 0 unspecified atom stereocenters. The molecule has 0 fully saturated rings. The van der Waals surface area contributed by atoms with E-state index in [1.165, 1.54) is 31.4 Å². The maximum atomic E-state index is 12.7. The number of esters is 1. The van der Waals surface area contributed by atoms with Gasteiger partial charge in [0.05, 0.1) is 12.0 Å². The van der Waals surface area contributed by atoms with Crippen LogP contribution in [0.5, 0.6) is 5.75 Å². The molecule has 0 aromatic heterocycles. The smallest absolute Gasteiger partial charge is 0.408 e. The fourth-order valence-electron chi connectivity index (χ4n) is 3.01. The normalized spacial score (nSPS) is 12.8.